The van der Waals surface area contributed by atoms with E-state index in [1.54, 1.807) is 25.3 Å². The molecule has 2 aromatic carbocycles. The number of nitrogens with zero attached hydrogens (tertiary/aromatic N) is 1. The van der Waals surface area contributed by atoms with Crippen molar-refractivity contribution in [2.45, 2.75) is 37.8 Å². The number of carbonyl (C=O) groups excluding carboxylic acids is 1. The molecule has 1 saturated heterocycles. The SMILES string of the molecule is COCCNC(=O)[C@@H]1C[C@H](NCc2ccccc2C(F)(F)F)CN1Cc1ccc(Cl)cc1. The summed E-state index contributed by atoms with van der Waals surface area (Å²) >= 11 is 5.97. The molecule has 174 valence electrons. The molecular weight excluding hydrogens is 443 g/mol. The molecule has 2 N–H and O–H groups in total. The number of nitrogens with one attached hydrogen (secondary N) is 2. The van der Waals surface area contributed by atoms with E-state index in [2.05, 4.69) is 10.6 Å². The van der Waals surface area contributed by atoms with Crippen LogP contribution in [0.5, 0.6) is 0 Å². The molecule has 0 radical (unpaired) electrons. The predicted octanol–water partition coefficient (Wildman–Crippen LogP) is 3.85. The van der Waals surface area contributed by atoms with Crippen molar-refractivity contribution < 1.29 is 22.7 Å². The van der Waals surface area contributed by atoms with Crippen LogP contribution in [0.15, 0.2) is 48.5 Å². The molecule has 1 amide bonds. The number of methoxy groups -OCH3 is 1. The van der Waals surface area contributed by atoms with Gasteiger partial charge in [-0.15, -0.1) is 0 Å². The van der Waals surface area contributed by atoms with Gasteiger partial charge in [0.2, 0.25) is 5.91 Å². The Labute approximate surface area is 190 Å². The highest BCUT2D eigenvalue weighted by Gasteiger charge is 2.37. The van der Waals surface area contributed by atoms with E-state index in [-0.39, 0.29) is 24.1 Å². The maximum absolute atomic E-state index is 13.3. The minimum atomic E-state index is -4.40. The Hall–Kier alpha value is -2.13. The molecule has 0 spiro atoms. The van der Waals surface area contributed by atoms with Crippen LogP contribution in [0.1, 0.15) is 23.1 Å². The number of ether oxygens (including phenoxy) is 1. The zero-order valence-electron chi connectivity index (χ0n) is 17.8. The van der Waals surface area contributed by atoms with Crippen molar-refractivity contribution in [2.24, 2.45) is 0 Å². The van der Waals surface area contributed by atoms with Gasteiger partial charge in [-0.3, -0.25) is 9.69 Å². The number of rotatable bonds is 9. The normalized spacial score (nSPS) is 19.3. The van der Waals surface area contributed by atoms with Crippen LogP contribution in [0.25, 0.3) is 0 Å². The summed E-state index contributed by atoms with van der Waals surface area (Å²) in [5, 5.41) is 6.72. The molecule has 5 nitrogen and oxygen atoms in total. The molecule has 0 unspecified atom stereocenters. The fourth-order valence-corrected chi connectivity index (χ4v) is 4.05. The smallest absolute Gasteiger partial charge is 0.383 e. The number of benzene rings is 2. The average Bonchev–Trinajstić information content (AvgIpc) is 3.16. The standard InChI is InChI=1S/C23H27ClF3N3O2/c1-32-11-10-28-22(31)21-12-19(15-30(21)14-16-6-8-18(24)9-7-16)29-13-17-4-2-3-5-20(17)23(25,26)27/h2-9,19,21,29H,10-15H2,1H3,(H,28,31)/t19-,21-/m0/s1. The molecule has 0 aliphatic carbocycles. The van der Waals surface area contributed by atoms with Gasteiger partial charge < -0.3 is 15.4 Å². The van der Waals surface area contributed by atoms with Gasteiger partial charge in [-0.1, -0.05) is 41.9 Å². The second kappa shape index (κ2) is 11.1. The van der Waals surface area contributed by atoms with Crippen molar-refractivity contribution in [1.82, 2.24) is 15.5 Å². The van der Waals surface area contributed by atoms with Crippen molar-refractivity contribution in [3.63, 3.8) is 0 Å². The molecule has 1 aliphatic heterocycles. The highest BCUT2D eigenvalue weighted by Crippen LogP contribution is 2.32. The largest absolute Gasteiger partial charge is 0.416 e. The van der Waals surface area contributed by atoms with Crippen LogP contribution in [-0.4, -0.2) is 49.7 Å². The van der Waals surface area contributed by atoms with E-state index in [4.69, 9.17) is 16.3 Å². The van der Waals surface area contributed by atoms with E-state index < -0.39 is 17.8 Å². The summed E-state index contributed by atoms with van der Waals surface area (Å²) in [5.41, 5.74) is 0.557. The van der Waals surface area contributed by atoms with Crippen molar-refractivity contribution in [2.75, 3.05) is 26.8 Å². The zero-order chi connectivity index (χ0) is 23.1. The van der Waals surface area contributed by atoms with Gasteiger partial charge in [0.15, 0.2) is 0 Å². The quantitative estimate of drug-likeness (QED) is 0.548. The molecule has 32 heavy (non-hydrogen) atoms. The lowest BCUT2D eigenvalue weighted by Crippen LogP contribution is -2.43. The third kappa shape index (κ3) is 6.68. The number of hydrogen-bond acceptors (Lipinski definition) is 4. The van der Waals surface area contributed by atoms with Gasteiger partial charge in [-0.25, -0.2) is 0 Å². The van der Waals surface area contributed by atoms with Crippen molar-refractivity contribution in [1.29, 1.82) is 0 Å². The number of carbonyl (C=O) groups is 1. The van der Waals surface area contributed by atoms with Gasteiger partial charge in [0.25, 0.3) is 0 Å². The Morgan fingerprint density at radius 3 is 2.59 bits per heavy atom. The lowest BCUT2D eigenvalue weighted by atomic mass is 10.1. The predicted molar refractivity (Wildman–Crippen MR) is 117 cm³/mol. The van der Waals surface area contributed by atoms with Crippen LogP contribution in [0.3, 0.4) is 0 Å². The molecular formula is C23H27ClF3N3O2. The molecule has 0 bridgehead atoms. The first-order chi connectivity index (χ1) is 15.3. The summed E-state index contributed by atoms with van der Waals surface area (Å²) in [4.78, 5) is 14.8. The highest BCUT2D eigenvalue weighted by atomic mass is 35.5. The van der Waals surface area contributed by atoms with E-state index in [1.165, 1.54) is 12.1 Å². The molecule has 1 heterocycles. The minimum absolute atomic E-state index is 0.0765. The Morgan fingerprint density at radius 2 is 1.91 bits per heavy atom. The fraction of sp³-hybridized carbons (Fsp3) is 0.435. The molecule has 3 rings (SSSR count). The van der Waals surface area contributed by atoms with Crippen LogP contribution < -0.4 is 10.6 Å². The number of alkyl halides is 3. The Morgan fingerprint density at radius 1 is 1.19 bits per heavy atom. The first-order valence-electron chi connectivity index (χ1n) is 10.4. The van der Waals surface area contributed by atoms with E-state index in [0.717, 1.165) is 11.6 Å². The zero-order valence-corrected chi connectivity index (χ0v) is 18.5. The molecule has 2 aromatic rings. The summed E-state index contributed by atoms with van der Waals surface area (Å²) in [7, 11) is 1.56. The van der Waals surface area contributed by atoms with Crippen molar-refractivity contribution in [3.8, 4) is 0 Å². The maximum Gasteiger partial charge on any atom is 0.416 e. The van der Waals surface area contributed by atoms with Gasteiger partial charge in [-0.2, -0.15) is 13.2 Å². The lowest BCUT2D eigenvalue weighted by molar-refractivity contribution is -0.138. The Kier molecular flexibility index (Phi) is 8.53. The van der Waals surface area contributed by atoms with Gasteiger partial charge in [0.1, 0.15) is 0 Å². The van der Waals surface area contributed by atoms with Gasteiger partial charge in [-0.05, 0) is 35.7 Å². The molecule has 1 fully saturated rings. The summed E-state index contributed by atoms with van der Waals surface area (Å²) in [6.07, 6.45) is -3.90. The van der Waals surface area contributed by atoms with E-state index in [9.17, 15) is 18.0 Å². The monoisotopic (exact) mass is 469 g/mol. The number of hydrogen-bond donors (Lipinski definition) is 2. The molecule has 0 saturated carbocycles. The van der Waals surface area contributed by atoms with Crippen LogP contribution in [0, 0.1) is 0 Å². The summed E-state index contributed by atoms with van der Waals surface area (Å²) in [6, 6.07) is 12.4. The minimum Gasteiger partial charge on any atom is -0.383 e. The topological polar surface area (TPSA) is 53.6 Å². The van der Waals surface area contributed by atoms with E-state index in [1.807, 2.05) is 17.0 Å². The molecule has 1 aliphatic rings. The highest BCUT2D eigenvalue weighted by molar-refractivity contribution is 6.30. The van der Waals surface area contributed by atoms with Gasteiger partial charge >= 0.3 is 6.18 Å². The van der Waals surface area contributed by atoms with Crippen LogP contribution in [-0.2, 0) is 28.8 Å². The van der Waals surface area contributed by atoms with Crippen LogP contribution in [0.2, 0.25) is 5.02 Å². The van der Waals surface area contributed by atoms with E-state index >= 15 is 0 Å². The van der Waals surface area contributed by atoms with Gasteiger partial charge in [0, 0.05) is 44.4 Å². The fourth-order valence-electron chi connectivity index (χ4n) is 3.92. The maximum atomic E-state index is 13.3. The third-order valence-electron chi connectivity index (χ3n) is 5.51. The van der Waals surface area contributed by atoms with Crippen molar-refractivity contribution in [3.05, 3.63) is 70.2 Å². The van der Waals surface area contributed by atoms with Crippen LogP contribution in [0.4, 0.5) is 13.2 Å². The molecule has 2 atom stereocenters. The number of likely N-dealkylation sites (tertiary alicyclic amines) is 1. The van der Waals surface area contributed by atoms with Crippen molar-refractivity contribution >= 4 is 17.5 Å². The van der Waals surface area contributed by atoms with Crippen LogP contribution >= 0.6 is 11.6 Å². The third-order valence-corrected chi connectivity index (χ3v) is 5.77. The number of halogens is 4. The Bertz CT molecular complexity index is 893. The van der Waals surface area contributed by atoms with E-state index in [0.29, 0.717) is 37.7 Å². The Balaban J connectivity index is 1.68. The molecule has 9 heteroatoms. The lowest BCUT2D eigenvalue weighted by Gasteiger charge is -2.23. The summed E-state index contributed by atoms with van der Waals surface area (Å²) in [5.74, 6) is -0.115. The average molecular weight is 470 g/mol. The second-order valence-corrected chi connectivity index (χ2v) is 8.26. The first kappa shape index (κ1) is 24.5. The summed E-state index contributed by atoms with van der Waals surface area (Å²) < 4.78 is 44.9. The first-order valence-corrected chi connectivity index (χ1v) is 10.8. The second-order valence-electron chi connectivity index (χ2n) is 7.82. The summed E-state index contributed by atoms with van der Waals surface area (Å²) in [6.45, 7) is 1.96. The van der Waals surface area contributed by atoms with Gasteiger partial charge in [0.05, 0.1) is 18.2 Å². The molecule has 0 aromatic heterocycles. The number of amides is 1.